The van der Waals surface area contributed by atoms with Crippen molar-refractivity contribution in [2.24, 2.45) is 17.6 Å². The number of nitrogens with two attached hydrogens (primary N) is 1. The van der Waals surface area contributed by atoms with Gasteiger partial charge in [0.2, 0.25) is 17.7 Å². The summed E-state index contributed by atoms with van der Waals surface area (Å²) in [5.41, 5.74) is 10.1. The summed E-state index contributed by atoms with van der Waals surface area (Å²) in [7, 11) is 1.58. The number of likely N-dealkylation sites (tertiary alicyclic amines) is 1. The third-order valence-corrected chi connectivity index (χ3v) is 13.9. The molecule has 0 spiro atoms. The molecule has 1 aromatic carbocycles. The predicted molar refractivity (Wildman–Crippen MR) is 263 cm³/mol. The molecule has 0 unspecified atom stereocenters. The van der Waals surface area contributed by atoms with Crippen LogP contribution < -0.4 is 26.0 Å². The number of anilines is 1. The summed E-state index contributed by atoms with van der Waals surface area (Å²) < 4.78 is 28.8. The molecule has 17 nitrogen and oxygen atoms in total. The Bertz CT molecular complexity index is 2410. The molecule has 0 bridgehead atoms. The molecule has 0 radical (unpaired) electrons. The number of ether oxygens (including phenoxy) is 5. The number of aromatic nitrogens is 4. The van der Waals surface area contributed by atoms with Crippen molar-refractivity contribution in [3.63, 3.8) is 0 Å². The van der Waals surface area contributed by atoms with Crippen molar-refractivity contribution in [3.05, 3.63) is 90.5 Å². The van der Waals surface area contributed by atoms with E-state index in [0.29, 0.717) is 64.3 Å². The van der Waals surface area contributed by atoms with Gasteiger partial charge in [0, 0.05) is 86.2 Å². The highest BCUT2D eigenvalue weighted by Crippen LogP contribution is 2.39. The van der Waals surface area contributed by atoms with E-state index < -0.39 is 18.1 Å². The van der Waals surface area contributed by atoms with Gasteiger partial charge in [-0.25, -0.2) is 4.98 Å². The molecule has 17 heteroatoms. The first-order chi connectivity index (χ1) is 33.8. The number of para-hydroxylation sites is 1. The van der Waals surface area contributed by atoms with E-state index in [1.165, 1.54) is 6.42 Å². The number of carbonyl (C=O) groups is 3. The number of nitrogens with zero attached hydrogens (tertiary/aromatic N) is 5. The Labute approximate surface area is 404 Å². The van der Waals surface area contributed by atoms with Gasteiger partial charge >= 0.3 is 0 Å². The third kappa shape index (κ3) is 13.5. The average molecular weight is 948 g/mol. The van der Waals surface area contributed by atoms with Gasteiger partial charge in [-0.15, -0.1) is 0 Å². The zero-order chi connectivity index (χ0) is 47.8. The Morgan fingerprint density at radius 3 is 2.30 bits per heavy atom. The van der Waals surface area contributed by atoms with Crippen LogP contribution in [0.15, 0.2) is 79.4 Å². The minimum Gasteiger partial charge on any atom is -0.496 e. The molecule has 69 heavy (non-hydrogen) atoms. The maximum atomic E-state index is 14.3. The number of rotatable bonds is 24. The van der Waals surface area contributed by atoms with Crippen LogP contribution in [0.4, 0.5) is 5.82 Å². The molecule has 3 fully saturated rings. The lowest BCUT2D eigenvalue weighted by Gasteiger charge is -2.32. The molecule has 3 amide bonds. The van der Waals surface area contributed by atoms with Gasteiger partial charge in [-0.1, -0.05) is 50.3 Å². The molecule has 5 N–H and O–H groups in total. The highest BCUT2D eigenvalue weighted by atomic mass is 16.6. The third-order valence-electron chi connectivity index (χ3n) is 13.9. The Balaban J connectivity index is 0.717. The quantitative estimate of drug-likeness (QED) is 0.0582. The highest BCUT2D eigenvalue weighted by molar-refractivity contribution is 6.05. The second-order valence-electron chi connectivity index (χ2n) is 18.4. The fourth-order valence-electron chi connectivity index (χ4n) is 10.2. The number of hydrogen-bond acceptors (Lipinski definition) is 13. The number of piperidine rings is 1. The van der Waals surface area contributed by atoms with Gasteiger partial charge in [-0.2, -0.15) is 0 Å². The molecule has 6 heterocycles. The van der Waals surface area contributed by atoms with Crippen molar-refractivity contribution >= 4 is 45.5 Å². The predicted octanol–water partition coefficient (Wildman–Crippen LogP) is 5.28. The first kappa shape index (κ1) is 49.7. The number of amides is 3. The molecule has 5 aromatic rings. The Hall–Kier alpha value is -5.72. The number of methoxy groups -OCH3 is 1. The van der Waals surface area contributed by atoms with Crippen LogP contribution in [0.25, 0.3) is 21.9 Å². The van der Waals surface area contributed by atoms with Crippen LogP contribution >= 0.6 is 0 Å². The second kappa shape index (κ2) is 25.2. The van der Waals surface area contributed by atoms with E-state index in [2.05, 4.69) is 42.6 Å². The molecule has 8 rings (SSSR count). The van der Waals surface area contributed by atoms with Gasteiger partial charge in [0.1, 0.15) is 29.3 Å². The van der Waals surface area contributed by atoms with Gasteiger partial charge in [0.25, 0.3) is 0 Å². The lowest BCUT2D eigenvalue weighted by molar-refractivity contribution is -0.139. The van der Waals surface area contributed by atoms with Crippen molar-refractivity contribution < 1.29 is 38.1 Å². The molecular formula is C52H69N9O8. The highest BCUT2D eigenvalue weighted by Gasteiger charge is 2.43. The number of nitrogens with one attached hydrogen (secondary N) is 3. The largest absolute Gasteiger partial charge is 0.496 e. The van der Waals surface area contributed by atoms with Gasteiger partial charge in [-0.05, 0) is 73.1 Å². The lowest BCUT2D eigenvalue weighted by atomic mass is 9.79. The van der Waals surface area contributed by atoms with Gasteiger partial charge in [-0.3, -0.25) is 24.4 Å². The normalized spacial score (nSPS) is 18.9. The fourth-order valence-corrected chi connectivity index (χ4v) is 10.2. The van der Waals surface area contributed by atoms with Crippen molar-refractivity contribution in [2.45, 2.75) is 88.4 Å². The Kier molecular flexibility index (Phi) is 18.2. The van der Waals surface area contributed by atoms with E-state index in [4.69, 9.17) is 34.4 Å². The zero-order valence-corrected chi connectivity index (χ0v) is 39.9. The standard InChI is InChI=1S/C52H69N9O8/c1-65-47-10-6-5-9-41(47)43(53)33-49(62)61-35-38(37-7-3-2-4-8-37)32-46(61)52(64)58-45(31-36-13-18-54-19-14-36)51(63)56-21-24-66-25-26-67-27-28-68-29-30-69-39-16-22-60(23-17-39)48-12-11-40-42-34-55-20-15-44(42)57-50(40)59-48/h5-6,9-15,18-20,34,37-39,43,45-46H,2-4,7-8,16-17,21-33,35,53H2,1H3,(H,56,63)(H,57,59)(H,58,64)/t38-,43+,45+,46+/m1/s1. The van der Waals surface area contributed by atoms with Crippen LogP contribution in [0, 0.1) is 11.8 Å². The average Bonchev–Trinajstić information content (AvgIpc) is 4.01. The molecule has 4 atom stereocenters. The summed E-state index contributed by atoms with van der Waals surface area (Å²) in [6.07, 6.45) is 15.6. The topological polar surface area (TPSA) is 208 Å². The summed E-state index contributed by atoms with van der Waals surface area (Å²) in [5.74, 6) is 1.39. The van der Waals surface area contributed by atoms with Gasteiger partial charge in [0.05, 0.1) is 65.0 Å². The molecule has 2 saturated heterocycles. The number of benzene rings is 1. The summed E-state index contributed by atoms with van der Waals surface area (Å²) in [6.45, 7) is 5.41. The summed E-state index contributed by atoms with van der Waals surface area (Å²) in [5, 5.41) is 8.15. The maximum absolute atomic E-state index is 14.3. The van der Waals surface area contributed by atoms with Gasteiger partial charge in [0.15, 0.2) is 0 Å². The van der Waals surface area contributed by atoms with Crippen molar-refractivity contribution in [3.8, 4) is 5.75 Å². The zero-order valence-electron chi connectivity index (χ0n) is 39.9. The number of aromatic amines is 1. The van der Waals surface area contributed by atoms with E-state index in [-0.39, 0.29) is 55.7 Å². The lowest BCUT2D eigenvalue weighted by Crippen LogP contribution is -2.54. The van der Waals surface area contributed by atoms with Crippen LogP contribution in [-0.2, 0) is 39.8 Å². The van der Waals surface area contributed by atoms with Crippen LogP contribution in [0.3, 0.4) is 0 Å². The van der Waals surface area contributed by atoms with Crippen molar-refractivity contribution in [1.29, 1.82) is 0 Å². The van der Waals surface area contributed by atoms with E-state index in [9.17, 15) is 14.4 Å². The molecule has 1 aliphatic carbocycles. The number of fused-ring (bicyclic) bond motifs is 3. The molecule has 2 aliphatic heterocycles. The summed E-state index contributed by atoms with van der Waals surface area (Å²) >= 11 is 0. The van der Waals surface area contributed by atoms with Crippen molar-refractivity contribution in [2.75, 3.05) is 84.4 Å². The molecule has 370 valence electrons. The van der Waals surface area contributed by atoms with E-state index in [1.807, 2.05) is 48.7 Å². The number of hydrogen-bond donors (Lipinski definition) is 4. The van der Waals surface area contributed by atoms with Crippen molar-refractivity contribution in [1.82, 2.24) is 35.5 Å². The van der Waals surface area contributed by atoms with Crippen LogP contribution in [0.5, 0.6) is 5.75 Å². The maximum Gasteiger partial charge on any atom is 0.243 e. The number of pyridine rings is 3. The Morgan fingerprint density at radius 1 is 0.812 bits per heavy atom. The van der Waals surface area contributed by atoms with Crippen LogP contribution in [-0.4, -0.2) is 140 Å². The smallest absolute Gasteiger partial charge is 0.243 e. The second-order valence-corrected chi connectivity index (χ2v) is 18.4. The van der Waals surface area contributed by atoms with E-state index >= 15 is 0 Å². The summed E-state index contributed by atoms with van der Waals surface area (Å²) in [6, 6.07) is 15.1. The minimum atomic E-state index is -0.878. The van der Waals surface area contributed by atoms with Crippen LogP contribution in [0.2, 0.25) is 0 Å². The molecule has 1 saturated carbocycles. The van der Waals surface area contributed by atoms with Gasteiger partial charge < -0.3 is 54.8 Å². The minimum absolute atomic E-state index is 0.0294. The summed E-state index contributed by atoms with van der Waals surface area (Å²) in [4.78, 5) is 62.7. The SMILES string of the molecule is COc1ccccc1[C@@H](N)CC(=O)N1C[C@H](C2CCCCC2)C[C@H]1C(=O)N[C@@H](Cc1ccncc1)C(=O)NCCOCCOCCOCCOC1CCN(c2ccc3c(n2)[nH]c2ccncc23)CC1. The Morgan fingerprint density at radius 2 is 1.54 bits per heavy atom. The van der Waals surface area contributed by atoms with E-state index in [0.717, 1.165) is 90.5 Å². The van der Waals surface area contributed by atoms with E-state index in [1.54, 1.807) is 30.6 Å². The molecule has 4 aromatic heterocycles. The molecule has 3 aliphatic rings. The first-order valence-electron chi connectivity index (χ1n) is 24.8. The number of carbonyl (C=O) groups excluding carboxylic acids is 3. The number of H-pyrrole nitrogens is 1. The molecular weight excluding hydrogens is 879 g/mol. The fraction of sp³-hybridized carbons (Fsp3) is 0.538. The van der Waals surface area contributed by atoms with Crippen LogP contribution in [0.1, 0.15) is 75.0 Å². The first-order valence-corrected chi connectivity index (χ1v) is 24.8. The monoisotopic (exact) mass is 948 g/mol.